The van der Waals surface area contributed by atoms with Crippen LogP contribution in [0.15, 0.2) is 30.5 Å². The maximum Gasteiger partial charge on any atom is 0.407 e. The summed E-state index contributed by atoms with van der Waals surface area (Å²) in [7, 11) is 2.17. The van der Waals surface area contributed by atoms with Crippen molar-refractivity contribution >= 4 is 22.6 Å². The number of rotatable bonds is 5. The lowest BCUT2D eigenvalue weighted by atomic mass is 9.80. The van der Waals surface area contributed by atoms with Gasteiger partial charge in [-0.15, -0.1) is 0 Å². The largest absolute Gasteiger partial charge is 0.449 e. The van der Waals surface area contributed by atoms with Gasteiger partial charge in [-0.25, -0.2) is 4.79 Å². The molecule has 2 N–H and O–H groups in total. The quantitative estimate of drug-likeness (QED) is 0.790. The van der Waals surface area contributed by atoms with Crippen LogP contribution in [0.5, 0.6) is 0 Å². The molecule has 1 saturated heterocycles. The number of aromatic nitrogens is 1. The van der Waals surface area contributed by atoms with Crippen LogP contribution in [-0.4, -0.2) is 86.5 Å². The van der Waals surface area contributed by atoms with Crippen molar-refractivity contribution in [3.05, 3.63) is 41.6 Å². The lowest BCUT2D eigenvalue weighted by molar-refractivity contribution is 0.0381. The Morgan fingerprint density at radius 3 is 3.07 bits per heavy atom. The number of carbonyl (C=O) groups is 1. The molecule has 0 spiro atoms. The number of H-pyrrole nitrogens is 1. The zero-order valence-corrected chi connectivity index (χ0v) is 17.5. The minimum atomic E-state index is -0.329. The molecule has 1 aromatic carbocycles. The van der Waals surface area contributed by atoms with Gasteiger partial charge in [-0.1, -0.05) is 18.2 Å². The molecule has 3 aliphatic rings. The van der Waals surface area contributed by atoms with Crippen LogP contribution in [0.2, 0.25) is 0 Å². The Balaban J connectivity index is 1.20. The van der Waals surface area contributed by atoms with E-state index in [1.165, 1.54) is 27.6 Å². The standard InChI is InChI=1S/C23H30N4O3/c1-26-14-16(15-30-23(28)24-5-6-27-7-9-29-10-8-27)11-19-18-3-2-4-20-22(18)17(13-25-20)12-21(19)26/h2-4,11,13,16,21,25H,5-10,12,14-15H2,1H3,(H,24,28)/t16?,21-/m0/s1. The van der Waals surface area contributed by atoms with Gasteiger partial charge in [-0.05, 0) is 36.2 Å². The molecule has 30 heavy (non-hydrogen) atoms. The molecule has 1 amide bonds. The monoisotopic (exact) mass is 410 g/mol. The van der Waals surface area contributed by atoms with E-state index in [1.54, 1.807) is 0 Å². The van der Waals surface area contributed by atoms with E-state index in [-0.39, 0.29) is 12.0 Å². The normalized spacial score (nSPS) is 24.4. The van der Waals surface area contributed by atoms with Gasteiger partial charge in [-0.2, -0.15) is 0 Å². The number of hydrogen-bond acceptors (Lipinski definition) is 5. The van der Waals surface area contributed by atoms with E-state index in [0.29, 0.717) is 19.2 Å². The second kappa shape index (κ2) is 8.41. The molecule has 2 aliphatic heterocycles. The number of amides is 1. The molecule has 2 atom stereocenters. The van der Waals surface area contributed by atoms with E-state index < -0.39 is 0 Å². The number of likely N-dealkylation sites (N-methyl/N-ethyl adjacent to an activating group) is 1. The molecule has 0 saturated carbocycles. The van der Waals surface area contributed by atoms with Crippen molar-refractivity contribution in [3.63, 3.8) is 0 Å². The summed E-state index contributed by atoms with van der Waals surface area (Å²) in [5.74, 6) is 0.196. The van der Waals surface area contributed by atoms with Crippen LogP contribution in [-0.2, 0) is 15.9 Å². The van der Waals surface area contributed by atoms with Crippen LogP contribution < -0.4 is 5.32 Å². The van der Waals surface area contributed by atoms with Crippen molar-refractivity contribution in [2.24, 2.45) is 5.92 Å². The van der Waals surface area contributed by atoms with Crippen molar-refractivity contribution in [2.45, 2.75) is 12.5 Å². The third-order valence-corrected chi connectivity index (χ3v) is 6.57. The molecule has 1 aromatic heterocycles. The van der Waals surface area contributed by atoms with Crippen LogP contribution in [0, 0.1) is 5.92 Å². The van der Waals surface area contributed by atoms with Crippen LogP contribution in [0.25, 0.3) is 16.5 Å². The Hall–Kier alpha value is -2.35. The first-order chi connectivity index (χ1) is 14.7. The third-order valence-electron chi connectivity index (χ3n) is 6.57. The van der Waals surface area contributed by atoms with Crippen molar-refractivity contribution in [2.75, 3.05) is 59.6 Å². The van der Waals surface area contributed by atoms with Gasteiger partial charge in [0.2, 0.25) is 0 Å². The number of alkyl carbamates (subject to hydrolysis) is 1. The second-order valence-electron chi connectivity index (χ2n) is 8.56. The smallest absolute Gasteiger partial charge is 0.407 e. The van der Waals surface area contributed by atoms with E-state index in [9.17, 15) is 4.79 Å². The first kappa shape index (κ1) is 19.6. The highest BCUT2D eigenvalue weighted by molar-refractivity contribution is 5.98. The number of morpholine rings is 1. The van der Waals surface area contributed by atoms with E-state index in [0.717, 1.165) is 45.8 Å². The van der Waals surface area contributed by atoms with Crippen LogP contribution >= 0.6 is 0 Å². The molecule has 1 aliphatic carbocycles. The summed E-state index contributed by atoms with van der Waals surface area (Å²) in [4.78, 5) is 20.3. The van der Waals surface area contributed by atoms with Crippen molar-refractivity contribution < 1.29 is 14.3 Å². The number of nitrogens with one attached hydrogen (secondary N) is 2. The fraction of sp³-hybridized carbons (Fsp3) is 0.522. The molecule has 5 rings (SSSR count). The van der Waals surface area contributed by atoms with Gasteiger partial charge in [0, 0.05) is 61.8 Å². The molecule has 1 fully saturated rings. The number of aromatic amines is 1. The van der Waals surface area contributed by atoms with E-state index in [4.69, 9.17) is 9.47 Å². The summed E-state index contributed by atoms with van der Waals surface area (Å²) in [5, 5.41) is 4.22. The molecule has 3 heterocycles. The Labute approximate surface area is 177 Å². The van der Waals surface area contributed by atoms with Crippen molar-refractivity contribution in [1.82, 2.24) is 20.1 Å². The Kier molecular flexibility index (Phi) is 5.50. The average molecular weight is 411 g/mol. The third kappa shape index (κ3) is 3.85. The van der Waals surface area contributed by atoms with Crippen molar-refractivity contribution in [1.29, 1.82) is 0 Å². The number of nitrogens with zero attached hydrogens (tertiary/aromatic N) is 2. The van der Waals surface area contributed by atoms with Gasteiger partial charge >= 0.3 is 6.09 Å². The fourth-order valence-electron chi connectivity index (χ4n) is 5.03. The number of carbonyl (C=O) groups excluding carboxylic acids is 1. The zero-order chi connectivity index (χ0) is 20.5. The second-order valence-corrected chi connectivity index (χ2v) is 8.56. The summed E-state index contributed by atoms with van der Waals surface area (Å²) in [6, 6.07) is 6.85. The van der Waals surface area contributed by atoms with Crippen molar-refractivity contribution in [3.8, 4) is 0 Å². The van der Waals surface area contributed by atoms with E-state index in [2.05, 4.69) is 57.6 Å². The van der Waals surface area contributed by atoms with Gasteiger partial charge in [0.25, 0.3) is 0 Å². The minimum absolute atomic E-state index is 0.196. The molecular formula is C23H30N4O3. The molecule has 7 heteroatoms. The maximum atomic E-state index is 12.2. The Morgan fingerprint density at radius 2 is 2.20 bits per heavy atom. The number of fused-ring (bicyclic) bond motifs is 2. The Morgan fingerprint density at radius 1 is 1.33 bits per heavy atom. The summed E-state index contributed by atoms with van der Waals surface area (Å²) in [6.07, 6.45) is 5.17. The topological polar surface area (TPSA) is 69.8 Å². The number of hydrogen-bond donors (Lipinski definition) is 2. The lowest BCUT2D eigenvalue weighted by Gasteiger charge is -2.39. The summed E-state index contributed by atoms with van der Waals surface area (Å²) in [5.41, 5.74) is 5.26. The van der Waals surface area contributed by atoms with Gasteiger partial charge in [0.1, 0.15) is 6.61 Å². The van der Waals surface area contributed by atoms with Crippen LogP contribution in [0.3, 0.4) is 0 Å². The highest BCUT2D eigenvalue weighted by Gasteiger charge is 2.33. The van der Waals surface area contributed by atoms with E-state index >= 15 is 0 Å². The van der Waals surface area contributed by atoms with Crippen LogP contribution in [0.4, 0.5) is 4.79 Å². The first-order valence-corrected chi connectivity index (χ1v) is 10.9. The first-order valence-electron chi connectivity index (χ1n) is 10.9. The number of ether oxygens (including phenoxy) is 2. The molecular weight excluding hydrogens is 380 g/mol. The van der Waals surface area contributed by atoms with E-state index in [1.807, 2.05) is 0 Å². The fourth-order valence-corrected chi connectivity index (χ4v) is 5.03. The average Bonchev–Trinajstić information content (AvgIpc) is 3.18. The van der Waals surface area contributed by atoms with Gasteiger partial charge in [-0.3, -0.25) is 9.80 Å². The Bertz CT molecular complexity index is 947. The predicted octanol–water partition coefficient (Wildman–Crippen LogP) is 2.10. The zero-order valence-electron chi connectivity index (χ0n) is 17.5. The lowest BCUT2D eigenvalue weighted by Crippen LogP contribution is -2.44. The molecule has 160 valence electrons. The predicted molar refractivity (Wildman–Crippen MR) is 116 cm³/mol. The molecule has 1 unspecified atom stereocenters. The summed E-state index contributed by atoms with van der Waals surface area (Å²) < 4.78 is 10.9. The van der Waals surface area contributed by atoms with Gasteiger partial charge in [0.05, 0.1) is 13.2 Å². The van der Waals surface area contributed by atoms with Gasteiger partial charge < -0.3 is 19.8 Å². The molecule has 0 bridgehead atoms. The van der Waals surface area contributed by atoms with Gasteiger partial charge in [0.15, 0.2) is 0 Å². The molecule has 0 radical (unpaired) electrons. The highest BCUT2D eigenvalue weighted by atomic mass is 16.5. The minimum Gasteiger partial charge on any atom is -0.449 e. The summed E-state index contributed by atoms with van der Waals surface area (Å²) in [6.45, 7) is 6.13. The highest BCUT2D eigenvalue weighted by Crippen LogP contribution is 2.40. The molecule has 2 aromatic rings. The maximum absolute atomic E-state index is 12.2. The van der Waals surface area contributed by atoms with Crippen LogP contribution in [0.1, 0.15) is 11.1 Å². The SMILES string of the molecule is CN1CC(COC(=O)NCCN2CCOCC2)C=C2c3cccc4[nH]cc(c34)C[C@@H]21. The number of benzene rings is 1. The molecule has 7 nitrogen and oxygen atoms in total. The summed E-state index contributed by atoms with van der Waals surface area (Å²) >= 11 is 0.